The van der Waals surface area contributed by atoms with Crippen LogP contribution in [0.25, 0.3) is 0 Å². The van der Waals surface area contributed by atoms with Gasteiger partial charge >= 0.3 is 0 Å². The van der Waals surface area contributed by atoms with E-state index in [4.69, 9.17) is 40.4 Å². The van der Waals surface area contributed by atoms with E-state index in [0.717, 1.165) is 0 Å². The lowest BCUT2D eigenvalue weighted by Gasteiger charge is -2.18. The minimum absolute atomic E-state index is 0.0388. The highest BCUT2D eigenvalue weighted by molar-refractivity contribution is 6.42. The molecular formula is C25H28Cl2N6O2. The van der Waals surface area contributed by atoms with E-state index in [1.165, 1.54) is 0 Å². The molecule has 2 aromatic carbocycles. The van der Waals surface area contributed by atoms with Crippen molar-refractivity contribution in [2.45, 2.75) is 24.8 Å². The summed E-state index contributed by atoms with van der Waals surface area (Å²) in [6.07, 6.45) is 6.39. The van der Waals surface area contributed by atoms with Crippen molar-refractivity contribution in [1.82, 2.24) is 5.32 Å². The number of likely N-dealkylation sites (N-methyl/N-ethyl adjacent to an activating group) is 1. The molecule has 3 rings (SSSR count). The summed E-state index contributed by atoms with van der Waals surface area (Å²) in [5.41, 5.74) is 20.3. The smallest absolute Gasteiger partial charge is 0.274 e. The third-order valence-corrected chi connectivity index (χ3v) is 6.40. The van der Waals surface area contributed by atoms with Gasteiger partial charge in [0.1, 0.15) is 5.84 Å². The van der Waals surface area contributed by atoms with Crippen LogP contribution in [0.5, 0.6) is 0 Å². The standard InChI is InChI=1S/C25H28Cl2N6O2/c1-31-16-4-2-3-15(11-16)24(34)33-23(30)19-13-17(6-8-22(19)29)32-25(35)18(9-10-28)14-5-7-20(26)21(27)12-14/h2-8,12-13,16,18,31H,9-11,28-29H2,1H3,(H,32,35)(H2,30,33,34). The maximum atomic E-state index is 13.1. The first kappa shape index (κ1) is 26.4. The number of halogens is 2. The highest BCUT2D eigenvalue weighted by Crippen LogP contribution is 2.29. The van der Waals surface area contributed by atoms with Crippen LogP contribution in [0.15, 0.2) is 65.2 Å². The number of benzene rings is 2. The van der Waals surface area contributed by atoms with Gasteiger partial charge in [-0.1, -0.05) is 47.5 Å². The number of rotatable bonds is 8. The van der Waals surface area contributed by atoms with Gasteiger partial charge in [-0.2, -0.15) is 4.99 Å². The van der Waals surface area contributed by atoms with Crippen LogP contribution in [0, 0.1) is 0 Å². The van der Waals surface area contributed by atoms with Gasteiger partial charge in [-0.25, -0.2) is 0 Å². The van der Waals surface area contributed by atoms with Crippen LogP contribution in [-0.4, -0.2) is 37.3 Å². The highest BCUT2D eigenvalue weighted by Gasteiger charge is 2.22. The van der Waals surface area contributed by atoms with E-state index in [1.807, 2.05) is 13.1 Å². The van der Waals surface area contributed by atoms with Gasteiger partial charge in [-0.05, 0) is 62.3 Å². The van der Waals surface area contributed by atoms with Crippen LogP contribution in [0.4, 0.5) is 11.4 Å². The van der Waals surface area contributed by atoms with Crippen molar-refractivity contribution in [2.24, 2.45) is 16.5 Å². The Morgan fingerprint density at radius 1 is 1.17 bits per heavy atom. The number of amidine groups is 1. The van der Waals surface area contributed by atoms with Crippen molar-refractivity contribution in [3.05, 3.63) is 81.4 Å². The Morgan fingerprint density at radius 3 is 2.63 bits per heavy atom. The fourth-order valence-corrected chi connectivity index (χ4v) is 4.01. The van der Waals surface area contributed by atoms with Gasteiger partial charge in [-0.3, -0.25) is 9.59 Å². The number of nitrogens with two attached hydrogens (primary N) is 3. The lowest BCUT2D eigenvalue weighted by Crippen LogP contribution is -2.27. The summed E-state index contributed by atoms with van der Waals surface area (Å²) in [7, 11) is 1.82. The highest BCUT2D eigenvalue weighted by atomic mass is 35.5. The minimum atomic E-state index is -0.547. The van der Waals surface area contributed by atoms with Gasteiger partial charge in [0.25, 0.3) is 5.91 Å². The maximum Gasteiger partial charge on any atom is 0.274 e. The molecule has 1 aliphatic rings. The molecule has 2 unspecified atom stereocenters. The molecule has 2 aromatic rings. The molecule has 0 fully saturated rings. The molecule has 8 nitrogen and oxygen atoms in total. The molecule has 2 atom stereocenters. The maximum absolute atomic E-state index is 13.1. The molecule has 1 aliphatic carbocycles. The van der Waals surface area contributed by atoms with Gasteiger partial charge in [-0.15, -0.1) is 0 Å². The molecule has 8 N–H and O–H groups in total. The van der Waals surface area contributed by atoms with Gasteiger partial charge in [0, 0.05) is 28.6 Å². The first-order chi connectivity index (χ1) is 16.7. The zero-order chi connectivity index (χ0) is 25.5. The van der Waals surface area contributed by atoms with E-state index in [0.29, 0.717) is 57.5 Å². The Hall–Kier alpha value is -3.17. The largest absolute Gasteiger partial charge is 0.398 e. The number of anilines is 2. The van der Waals surface area contributed by atoms with Crippen LogP contribution in [0.3, 0.4) is 0 Å². The number of amides is 2. The number of hydrogen-bond donors (Lipinski definition) is 5. The number of carbonyl (C=O) groups excluding carboxylic acids is 2. The second kappa shape index (κ2) is 12.0. The molecule has 0 bridgehead atoms. The molecule has 184 valence electrons. The van der Waals surface area contributed by atoms with Gasteiger partial charge in [0.05, 0.1) is 16.0 Å². The number of hydrogen-bond acceptors (Lipinski definition) is 5. The van der Waals surface area contributed by atoms with Gasteiger partial charge in [0.2, 0.25) is 5.91 Å². The van der Waals surface area contributed by atoms with Gasteiger partial charge < -0.3 is 27.8 Å². The van der Waals surface area contributed by atoms with Crippen LogP contribution in [0.1, 0.15) is 29.9 Å². The van der Waals surface area contributed by atoms with Crippen molar-refractivity contribution in [2.75, 3.05) is 24.6 Å². The Morgan fingerprint density at radius 2 is 1.94 bits per heavy atom. The topological polar surface area (TPSA) is 149 Å². The number of carbonyl (C=O) groups is 2. The fourth-order valence-electron chi connectivity index (χ4n) is 3.71. The molecule has 0 aliphatic heterocycles. The van der Waals surface area contributed by atoms with Crippen molar-refractivity contribution < 1.29 is 9.59 Å². The first-order valence-electron chi connectivity index (χ1n) is 11.0. The number of allylic oxidation sites excluding steroid dienone is 2. The summed E-state index contributed by atoms with van der Waals surface area (Å²) in [6.45, 7) is 0.298. The van der Waals surface area contributed by atoms with Crippen molar-refractivity contribution in [1.29, 1.82) is 0 Å². The number of nitrogen functional groups attached to an aromatic ring is 1. The molecular weight excluding hydrogens is 487 g/mol. The summed E-state index contributed by atoms with van der Waals surface area (Å²) in [5, 5.41) is 6.72. The summed E-state index contributed by atoms with van der Waals surface area (Å²) >= 11 is 12.1. The third-order valence-electron chi connectivity index (χ3n) is 5.66. The Kier molecular flexibility index (Phi) is 9.06. The summed E-state index contributed by atoms with van der Waals surface area (Å²) in [6, 6.07) is 9.91. The second-order valence-electron chi connectivity index (χ2n) is 8.07. The lowest BCUT2D eigenvalue weighted by molar-refractivity contribution is -0.117. The van der Waals surface area contributed by atoms with Crippen LogP contribution >= 0.6 is 23.2 Å². The summed E-state index contributed by atoms with van der Waals surface area (Å²) in [4.78, 5) is 29.8. The molecule has 2 amide bonds. The zero-order valence-corrected chi connectivity index (χ0v) is 20.7. The van der Waals surface area contributed by atoms with Crippen molar-refractivity contribution >= 4 is 52.2 Å². The monoisotopic (exact) mass is 514 g/mol. The first-order valence-corrected chi connectivity index (χ1v) is 11.8. The minimum Gasteiger partial charge on any atom is -0.398 e. The van der Waals surface area contributed by atoms with Crippen molar-refractivity contribution in [3.8, 4) is 0 Å². The molecule has 0 spiro atoms. The SMILES string of the molecule is CNC1C=CC=C(C(=O)N=C(N)c2cc(NC(=O)C(CCN)c3ccc(Cl)c(Cl)c3)ccc2N)C1. The van der Waals surface area contributed by atoms with Gasteiger partial charge in [0.15, 0.2) is 0 Å². The van der Waals surface area contributed by atoms with E-state index in [1.54, 1.807) is 48.6 Å². The van der Waals surface area contributed by atoms with E-state index >= 15 is 0 Å². The molecule has 0 radical (unpaired) electrons. The molecule has 10 heteroatoms. The molecule has 35 heavy (non-hydrogen) atoms. The van der Waals surface area contributed by atoms with Crippen molar-refractivity contribution in [3.63, 3.8) is 0 Å². The van der Waals surface area contributed by atoms with E-state index in [9.17, 15) is 9.59 Å². The quantitative estimate of drug-likeness (QED) is 0.207. The number of nitrogens with one attached hydrogen (secondary N) is 2. The predicted octanol–water partition coefficient (Wildman–Crippen LogP) is 3.35. The molecule has 0 aromatic heterocycles. The van der Waals surface area contributed by atoms with Crippen LogP contribution in [0.2, 0.25) is 10.0 Å². The third kappa shape index (κ3) is 6.70. The number of aliphatic imine (C=N–C) groups is 1. The average molecular weight is 515 g/mol. The summed E-state index contributed by atoms with van der Waals surface area (Å²) in [5.74, 6) is -1.31. The molecule has 0 heterocycles. The second-order valence-corrected chi connectivity index (χ2v) is 8.89. The normalized spacial score (nSPS) is 16.5. The number of nitrogens with zero attached hydrogens (tertiary/aromatic N) is 1. The molecule has 0 saturated heterocycles. The van der Waals surface area contributed by atoms with E-state index in [-0.39, 0.29) is 17.8 Å². The Bertz CT molecular complexity index is 1210. The predicted molar refractivity (Wildman–Crippen MR) is 143 cm³/mol. The fraction of sp³-hybridized carbons (Fsp3) is 0.240. The van der Waals surface area contributed by atoms with Crippen LogP contribution in [-0.2, 0) is 9.59 Å². The summed E-state index contributed by atoms with van der Waals surface area (Å²) < 4.78 is 0. The zero-order valence-electron chi connectivity index (χ0n) is 19.2. The Balaban J connectivity index is 1.81. The average Bonchev–Trinajstić information content (AvgIpc) is 2.85. The van der Waals surface area contributed by atoms with E-state index < -0.39 is 11.8 Å². The lowest BCUT2D eigenvalue weighted by atomic mass is 9.94. The van der Waals surface area contributed by atoms with E-state index in [2.05, 4.69) is 15.6 Å². The van der Waals surface area contributed by atoms with Crippen LogP contribution < -0.4 is 27.8 Å². The molecule has 0 saturated carbocycles. The Labute approximate surface area is 214 Å².